The lowest BCUT2D eigenvalue weighted by Crippen LogP contribution is -2.54. The van der Waals surface area contributed by atoms with Crippen LogP contribution >= 0.6 is 12.4 Å². The van der Waals surface area contributed by atoms with Crippen LogP contribution in [0.3, 0.4) is 0 Å². The van der Waals surface area contributed by atoms with E-state index in [9.17, 15) is 13.6 Å². The first-order chi connectivity index (χ1) is 9.44. The summed E-state index contributed by atoms with van der Waals surface area (Å²) in [6.45, 7) is 1.90. The molecule has 1 fully saturated rings. The van der Waals surface area contributed by atoms with Gasteiger partial charge in [-0.05, 0) is 37.8 Å². The molecule has 1 unspecified atom stereocenters. The minimum Gasteiger partial charge on any atom is -0.481 e. The average Bonchev–Trinajstić information content (AvgIpc) is 3.22. The van der Waals surface area contributed by atoms with Gasteiger partial charge in [-0.1, -0.05) is 0 Å². The predicted molar refractivity (Wildman–Crippen MR) is 77.4 cm³/mol. The van der Waals surface area contributed by atoms with Crippen molar-refractivity contribution in [3.8, 4) is 5.75 Å². The zero-order valence-electron chi connectivity index (χ0n) is 11.7. The normalized spacial score (nSPS) is 16.6. The lowest BCUT2D eigenvalue weighted by atomic mass is 9.96. The molecular weight excluding hydrogens is 302 g/mol. The predicted octanol–water partition coefficient (Wildman–Crippen LogP) is 2.01. The smallest absolute Gasteiger partial charge is 0.258 e. The van der Waals surface area contributed by atoms with Crippen molar-refractivity contribution < 1.29 is 18.3 Å². The maximum absolute atomic E-state index is 13.3. The highest BCUT2D eigenvalue weighted by atomic mass is 35.5. The van der Waals surface area contributed by atoms with E-state index in [1.54, 1.807) is 0 Å². The van der Waals surface area contributed by atoms with E-state index in [-0.39, 0.29) is 30.7 Å². The van der Waals surface area contributed by atoms with Crippen molar-refractivity contribution in [1.29, 1.82) is 0 Å². The molecule has 1 aromatic carbocycles. The van der Waals surface area contributed by atoms with Crippen molar-refractivity contribution in [2.24, 2.45) is 11.7 Å². The van der Waals surface area contributed by atoms with Crippen molar-refractivity contribution in [2.45, 2.75) is 25.3 Å². The van der Waals surface area contributed by atoms with E-state index >= 15 is 0 Å². The Balaban J connectivity index is 0.00000220. The van der Waals surface area contributed by atoms with Gasteiger partial charge in [-0.2, -0.15) is 0 Å². The number of rotatable bonds is 6. The first kappa shape index (κ1) is 17.7. The first-order valence-corrected chi connectivity index (χ1v) is 6.53. The Morgan fingerprint density at radius 2 is 2.14 bits per heavy atom. The van der Waals surface area contributed by atoms with Gasteiger partial charge in [-0.15, -0.1) is 12.4 Å². The van der Waals surface area contributed by atoms with Crippen molar-refractivity contribution in [1.82, 2.24) is 5.32 Å². The number of nitrogens with two attached hydrogens (primary N) is 1. The van der Waals surface area contributed by atoms with Gasteiger partial charge in [-0.25, -0.2) is 8.78 Å². The molecule has 1 aromatic rings. The number of halogens is 3. The lowest BCUT2D eigenvalue weighted by molar-refractivity contribution is -0.125. The third kappa shape index (κ3) is 4.54. The maximum Gasteiger partial charge on any atom is 0.258 e. The van der Waals surface area contributed by atoms with Crippen LogP contribution in [-0.2, 0) is 4.79 Å². The quantitative estimate of drug-likeness (QED) is 0.842. The molecule has 0 aliphatic heterocycles. The Hall–Kier alpha value is -1.40. The summed E-state index contributed by atoms with van der Waals surface area (Å²) < 4.78 is 31.1. The standard InChI is InChI=1S/C14H18F2N2O2.ClH/c1-14(8-17,9-2-3-9)18-13(19)7-20-12-5-4-10(15)6-11(12)16;/h4-6,9H,2-3,7-8,17H2,1H3,(H,18,19);1H. The minimum atomic E-state index is -0.832. The Bertz CT molecular complexity index is 512. The van der Waals surface area contributed by atoms with Crippen LogP contribution in [0.15, 0.2) is 18.2 Å². The Kier molecular flexibility index (Phi) is 5.92. The SMILES string of the molecule is CC(CN)(NC(=O)COc1ccc(F)cc1F)C1CC1.Cl. The van der Waals surface area contributed by atoms with E-state index < -0.39 is 17.2 Å². The molecule has 0 saturated heterocycles. The fourth-order valence-electron chi connectivity index (χ4n) is 2.13. The molecule has 1 aliphatic rings. The Morgan fingerprint density at radius 1 is 1.48 bits per heavy atom. The van der Waals surface area contributed by atoms with Gasteiger partial charge in [-0.3, -0.25) is 4.79 Å². The molecule has 3 N–H and O–H groups in total. The van der Waals surface area contributed by atoms with Gasteiger partial charge in [0.15, 0.2) is 18.2 Å². The summed E-state index contributed by atoms with van der Waals surface area (Å²) in [5.74, 6) is -1.65. The number of nitrogens with one attached hydrogen (secondary N) is 1. The van der Waals surface area contributed by atoms with Crippen LogP contribution in [0.4, 0.5) is 8.78 Å². The summed E-state index contributed by atoms with van der Waals surface area (Å²) in [6.07, 6.45) is 2.09. The second kappa shape index (κ2) is 7.04. The van der Waals surface area contributed by atoms with Crippen molar-refractivity contribution >= 4 is 18.3 Å². The number of carbonyl (C=O) groups excluding carboxylic acids is 1. The van der Waals surface area contributed by atoms with Crippen molar-refractivity contribution in [3.63, 3.8) is 0 Å². The van der Waals surface area contributed by atoms with Crippen LogP contribution < -0.4 is 15.8 Å². The summed E-state index contributed by atoms with van der Waals surface area (Å²) in [7, 11) is 0. The zero-order chi connectivity index (χ0) is 14.8. The van der Waals surface area contributed by atoms with E-state index in [1.807, 2.05) is 6.92 Å². The third-order valence-electron chi connectivity index (χ3n) is 3.58. The summed E-state index contributed by atoms with van der Waals surface area (Å²) in [6, 6.07) is 2.94. The van der Waals surface area contributed by atoms with Gasteiger partial charge in [0.25, 0.3) is 5.91 Å². The fourth-order valence-corrected chi connectivity index (χ4v) is 2.13. The summed E-state index contributed by atoms with van der Waals surface area (Å²) in [4.78, 5) is 11.8. The highest BCUT2D eigenvalue weighted by Gasteiger charge is 2.41. The summed E-state index contributed by atoms with van der Waals surface area (Å²) >= 11 is 0. The number of amides is 1. The van der Waals surface area contributed by atoms with Gasteiger partial charge in [0.05, 0.1) is 5.54 Å². The van der Waals surface area contributed by atoms with Crippen LogP contribution in [0.1, 0.15) is 19.8 Å². The molecule has 1 atom stereocenters. The highest BCUT2D eigenvalue weighted by molar-refractivity contribution is 5.85. The molecule has 2 rings (SSSR count). The lowest BCUT2D eigenvalue weighted by Gasteiger charge is -2.29. The molecule has 0 spiro atoms. The van der Waals surface area contributed by atoms with Gasteiger partial charge < -0.3 is 15.8 Å². The van der Waals surface area contributed by atoms with Gasteiger partial charge in [0.2, 0.25) is 0 Å². The maximum atomic E-state index is 13.3. The molecule has 1 aliphatic carbocycles. The number of carbonyl (C=O) groups is 1. The fraction of sp³-hybridized carbons (Fsp3) is 0.500. The van der Waals surface area contributed by atoms with Crippen LogP contribution in [-0.4, -0.2) is 24.6 Å². The molecule has 0 bridgehead atoms. The molecule has 1 saturated carbocycles. The van der Waals surface area contributed by atoms with Crippen LogP contribution in [0, 0.1) is 17.6 Å². The number of ether oxygens (including phenoxy) is 1. The molecule has 0 radical (unpaired) electrons. The van der Waals surface area contributed by atoms with Crippen LogP contribution in [0.5, 0.6) is 5.75 Å². The van der Waals surface area contributed by atoms with E-state index in [0.717, 1.165) is 25.0 Å². The molecule has 0 heterocycles. The third-order valence-corrected chi connectivity index (χ3v) is 3.58. The largest absolute Gasteiger partial charge is 0.481 e. The molecule has 0 aromatic heterocycles. The summed E-state index contributed by atoms with van der Waals surface area (Å²) in [5.41, 5.74) is 5.24. The van der Waals surface area contributed by atoms with E-state index in [2.05, 4.69) is 5.32 Å². The zero-order valence-corrected chi connectivity index (χ0v) is 12.5. The molecule has 118 valence electrons. The Labute approximate surface area is 128 Å². The van der Waals surface area contributed by atoms with Crippen molar-refractivity contribution in [3.05, 3.63) is 29.8 Å². The molecular formula is C14H19ClF2N2O2. The molecule has 1 amide bonds. The van der Waals surface area contributed by atoms with Gasteiger partial charge in [0, 0.05) is 12.6 Å². The molecule has 7 heteroatoms. The first-order valence-electron chi connectivity index (χ1n) is 6.53. The number of benzene rings is 1. The van der Waals surface area contributed by atoms with Gasteiger partial charge >= 0.3 is 0 Å². The molecule has 21 heavy (non-hydrogen) atoms. The van der Waals surface area contributed by atoms with Gasteiger partial charge in [0.1, 0.15) is 5.82 Å². The van der Waals surface area contributed by atoms with E-state index in [4.69, 9.17) is 10.5 Å². The number of hydrogen-bond donors (Lipinski definition) is 2. The highest BCUT2D eigenvalue weighted by Crippen LogP contribution is 2.38. The second-order valence-corrected chi connectivity index (χ2v) is 5.31. The topological polar surface area (TPSA) is 64.3 Å². The summed E-state index contributed by atoms with van der Waals surface area (Å²) in [5, 5.41) is 2.82. The van der Waals surface area contributed by atoms with E-state index in [0.29, 0.717) is 18.5 Å². The van der Waals surface area contributed by atoms with E-state index in [1.165, 1.54) is 0 Å². The van der Waals surface area contributed by atoms with Crippen molar-refractivity contribution in [2.75, 3.05) is 13.2 Å². The van der Waals surface area contributed by atoms with Crippen LogP contribution in [0.2, 0.25) is 0 Å². The second-order valence-electron chi connectivity index (χ2n) is 5.31. The average molecular weight is 321 g/mol. The van der Waals surface area contributed by atoms with Crippen LogP contribution in [0.25, 0.3) is 0 Å². The minimum absolute atomic E-state index is 0. The monoisotopic (exact) mass is 320 g/mol. The Morgan fingerprint density at radius 3 is 2.67 bits per heavy atom. The molecule has 4 nitrogen and oxygen atoms in total. The number of hydrogen-bond acceptors (Lipinski definition) is 3.